The lowest BCUT2D eigenvalue weighted by atomic mass is 10.2. The van der Waals surface area contributed by atoms with Crippen LogP contribution in [0.4, 0.5) is 0 Å². The van der Waals surface area contributed by atoms with Crippen LogP contribution in [0.1, 0.15) is 19.4 Å². The van der Waals surface area contributed by atoms with Crippen LogP contribution in [-0.2, 0) is 16.1 Å². The molecule has 0 bridgehead atoms. The van der Waals surface area contributed by atoms with Crippen molar-refractivity contribution in [1.29, 1.82) is 0 Å². The molecule has 0 saturated carbocycles. The molecule has 0 fully saturated rings. The van der Waals surface area contributed by atoms with E-state index in [-0.39, 0.29) is 5.97 Å². The first-order chi connectivity index (χ1) is 7.74. The van der Waals surface area contributed by atoms with Crippen LogP contribution < -0.4 is 5.32 Å². The molecular weight excluding hydrogens is 202 g/mol. The molecule has 0 aromatic heterocycles. The topological polar surface area (TPSA) is 38.3 Å². The second kappa shape index (κ2) is 6.67. The summed E-state index contributed by atoms with van der Waals surface area (Å²) in [6, 6.07) is 10.0. The number of esters is 1. The molecule has 0 aliphatic rings. The molecular formula is C13H17NO2. The lowest BCUT2D eigenvalue weighted by Gasteiger charge is -2.04. The van der Waals surface area contributed by atoms with Crippen molar-refractivity contribution in [3.05, 3.63) is 47.7 Å². The minimum atomic E-state index is -0.275. The molecule has 1 aromatic carbocycles. The average molecular weight is 219 g/mol. The molecule has 0 aliphatic heterocycles. The first kappa shape index (κ1) is 12.3. The highest BCUT2D eigenvalue weighted by atomic mass is 16.5. The van der Waals surface area contributed by atoms with E-state index in [9.17, 15) is 4.79 Å². The molecule has 1 rings (SSSR count). The maximum absolute atomic E-state index is 11.3. The smallest absolute Gasteiger partial charge is 0.335 e. The van der Waals surface area contributed by atoms with Crippen LogP contribution in [0.2, 0.25) is 0 Å². The van der Waals surface area contributed by atoms with E-state index in [0.29, 0.717) is 18.7 Å². The van der Waals surface area contributed by atoms with Crippen molar-refractivity contribution in [2.24, 2.45) is 0 Å². The summed E-state index contributed by atoms with van der Waals surface area (Å²) in [6.45, 7) is 4.64. The Hall–Kier alpha value is -1.77. The molecule has 16 heavy (non-hydrogen) atoms. The van der Waals surface area contributed by atoms with Gasteiger partial charge in [-0.3, -0.25) is 0 Å². The molecule has 0 heterocycles. The second-order valence-corrected chi connectivity index (χ2v) is 3.41. The Labute approximate surface area is 96.1 Å². The average Bonchev–Trinajstić information content (AvgIpc) is 2.30. The third kappa shape index (κ3) is 4.17. The molecule has 86 valence electrons. The summed E-state index contributed by atoms with van der Waals surface area (Å²) < 4.78 is 4.86. The molecule has 0 radical (unpaired) electrons. The fraction of sp³-hybridized carbons (Fsp3) is 0.308. The van der Waals surface area contributed by atoms with Gasteiger partial charge in [0, 0.05) is 18.3 Å². The van der Waals surface area contributed by atoms with Gasteiger partial charge in [0.15, 0.2) is 0 Å². The zero-order chi connectivity index (χ0) is 11.8. The zero-order valence-electron chi connectivity index (χ0n) is 9.69. The van der Waals surface area contributed by atoms with E-state index in [1.165, 1.54) is 5.56 Å². The van der Waals surface area contributed by atoms with Crippen LogP contribution in [0.3, 0.4) is 0 Å². The van der Waals surface area contributed by atoms with Gasteiger partial charge in [-0.2, -0.15) is 0 Å². The highest BCUT2D eigenvalue weighted by Crippen LogP contribution is 1.99. The molecule has 1 aromatic rings. The molecule has 0 atom stereocenters. The van der Waals surface area contributed by atoms with Crippen LogP contribution in [0, 0.1) is 0 Å². The van der Waals surface area contributed by atoms with Crippen LogP contribution in [0.5, 0.6) is 0 Å². The first-order valence-electron chi connectivity index (χ1n) is 5.35. The number of carbonyl (C=O) groups excluding carboxylic acids is 1. The monoisotopic (exact) mass is 219 g/mol. The minimum Gasteiger partial charge on any atom is -0.463 e. The fourth-order valence-electron chi connectivity index (χ4n) is 1.22. The van der Waals surface area contributed by atoms with E-state index < -0.39 is 0 Å². The second-order valence-electron chi connectivity index (χ2n) is 3.41. The molecule has 3 heteroatoms. The Balaban J connectivity index is 2.39. The Kier molecular flexibility index (Phi) is 5.12. The number of rotatable bonds is 5. The van der Waals surface area contributed by atoms with Gasteiger partial charge in [-0.15, -0.1) is 0 Å². The van der Waals surface area contributed by atoms with Gasteiger partial charge in [0.1, 0.15) is 0 Å². The van der Waals surface area contributed by atoms with Crippen LogP contribution in [-0.4, -0.2) is 12.6 Å². The largest absolute Gasteiger partial charge is 0.463 e. The van der Waals surface area contributed by atoms with Crippen molar-refractivity contribution in [2.45, 2.75) is 20.4 Å². The SMILES string of the molecule is CCOC(=O)/C(C)=C/NCc1ccccc1. The predicted octanol–water partition coefficient (Wildman–Crippen LogP) is 2.24. The van der Waals surface area contributed by atoms with Crippen LogP contribution in [0.25, 0.3) is 0 Å². The number of benzene rings is 1. The van der Waals surface area contributed by atoms with E-state index in [1.54, 1.807) is 20.0 Å². The number of nitrogens with one attached hydrogen (secondary N) is 1. The quantitative estimate of drug-likeness (QED) is 0.609. The van der Waals surface area contributed by atoms with Crippen molar-refractivity contribution in [3.8, 4) is 0 Å². The van der Waals surface area contributed by atoms with Crippen molar-refractivity contribution in [3.63, 3.8) is 0 Å². The Bertz CT molecular complexity index is 357. The van der Waals surface area contributed by atoms with Gasteiger partial charge in [0.2, 0.25) is 0 Å². The van der Waals surface area contributed by atoms with Gasteiger partial charge >= 0.3 is 5.97 Å². The minimum absolute atomic E-state index is 0.275. The van der Waals surface area contributed by atoms with Crippen molar-refractivity contribution >= 4 is 5.97 Å². The fourth-order valence-corrected chi connectivity index (χ4v) is 1.22. The molecule has 0 unspecified atom stereocenters. The molecule has 0 spiro atoms. The number of carbonyl (C=O) groups is 1. The Morgan fingerprint density at radius 3 is 2.69 bits per heavy atom. The highest BCUT2D eigenvalue weighted by molar-refractivity contribution is 5.87. The van der Waals surface area contributed by atoms with Gasteiger partial charge in [0.25, 0.3) is 0 Å². The lowest BCUT2D eigenvalue weighted by molar-refractivity contribution is -0.138. The van der Waals surface area contributed by atoms with Crippen molar-refractivity contribution in [1.82, 2.24) is 5.32 Å². The highest BCUT2D eigenvalue weighted by Gasteiger charge is 2.02. The summed E-state index contributed by atoms with van der Waals surface area (Å²) in [5, 5.41) is 3.08. The number of hydrogen-bond acceptors (Lipinski definition) is 3. The summed E-state index contributed by atoms with van der Waals surface area (Å²) in [7, 11) is 0. The van der Waals surface area contributed by atoms with E-state index in [2.05, 4.69) is 5.32 Å². The van der Waals surface area contributed by atoms with Crippen molar-refractivity contribution in [2.75, 3.05) is 6.61 Å². The lowest BCUT2D eigenvalue weighted by Crippen LogP contribution is -2.11. The standard InChI is InChI=1S/C13H17NO2/c1-3-16-13(15)11(2)9-14-10-12-7-5-4-6-8-12/h4-9,14H,3,10H2,1-2H3/b11-9+. The number of hydrogen-bond donors (Lipinski definition) is 1. The van der Waals surface area contributed by atoms with Gasteiger partial charge in [-0.1, -0.05) is 30.3 Å². The Morgan fingerprint density at radius 1 is 1.38 bits per heavy atom. The van der Waals surface area contributed by atoms with E-state index in [4.69, 9.17) is 4.74 Å². The maximum atomic E-state index is 11.3. The maximum Gasteiger partial charge on any atom is 0.335 e. The van der Waals surface area contributed by atoms with E-state index in [1.807, 2.05) is 30.3 Å². The summed E-state index contributed by atoms with van der Waals surface area (Å²) in [6.07, 6.45) is 1.69. The molecule has 3 nitrogen and oxygen atoms in total. The van der Waals surface area contributed by atoms with E-state index in [0.717, 1.165) is 0 Å². The molecule has 0 saturated heterocycles. The summed E-state index contributed by atoms with van der Waals surface area (Å²) >= 11 is 0. The van der Waals surface area contributed by atoms with Gasteiger partial charge < -0.3 is 10.1 Å². The molecule has 1 N–H and O–H groups in total. The third-order valence-electron chi connectivity index (χ3n) is 2.06. The number of ether oxygens (including phenoxy) is 1. The first-order valence-corrected chi connectivity index (χ1v) is 5.35. The van der Waals surface area contributed by atoms with Gasteiger partial charge in [-0.25, -0.2) is 4.79 Å². The van der Waals surface area contributed by atoms with Crippen LogP contribution in [0.15, 0.2) is 42.1 Å². The summed E-state index contributed by atoms with van der Waals surface area (Å²) in [5.74, 6) is -0.275. The van der Waals surface area contributed by atoms with Gasteiger partial charge in [-0.05, 0) is 19.4 Å². The third-order valence-corrected chi connectivity index (χ3v) is 2.06. The predicted molar refractivity (Wildman–Crippen MR) is 63.7 cm³/mol. The van der Waals surface area contributed by atoms with Crippen molar-refractivity contribution < 1.29 is 9.53 Å². The zero-order valence-corrected chi connectivity index (χ0v) is 9.69. The summed E-state index contributed by atoms with van der Waals surface area (Å²) in [4.78, 5) is 11.3. The summed E-state index contributed by atoms with van der Waals surface area (Å²) in [5.41, 5.74) is 1.76. The Morgan fingerprint density at radius 2 is 2.06 bits per heavy atom. The molecule has 0 amide bonds. The van der Waals surface area contributed by atoms with E-state index >= 15 is 0 Å². The van der Waals surface area contributed by atoms with Gasteiger partial charge in [0.05, 0.1) is 6.61 Å². The van der Waals surface area contributed by atoms with Crippen LogP contribution >= 0.6 is 0 Å². The molecule has 0 aliphatic carbocycles. The normalized spacial score (nSPS) is 11.0.